The summed E-state index contributed by atoms with van der Waals surface area (Å²) in [6.07, 6.45) is 1.71. The van der Waals surface area contributed by atoms with Crippen LogP contribution in [-0.4, -0.2) is 13.4 Å². The molecule has 0 heterocycles. The minimum atomic E-state index is 0.576. The van der Waals surface area contributed by atoms with E-state index in [1.807, 2.05) is 6.07 Å². The molecule has 0 atom stereocenters. The summed E-state index contributed by atoms with van der Waals surface area (Å²) in [5.41, 5.74) is 1.72. The molecule has 0 N–H and O–H groups in total. The van der Waals surface area contributed by atoms with Gasteiger partial charge in [-0.15, -0.1) is 0 Å². The zero-order valence-corrected chi connectivity index (χ0v) is 9.22. The minimum absolute atomic E-state index is 0.576. The number of ether oxygens (including phenoxy) is 1. The molecule has 3 heteroatoms. The Morgan fingerprint density at radius 1 is 1.54 bits per heavy atom. The van der Waals surface area contributed by atoms with Crippen molar-refractivity contribution in [2.24, 2.45) is 0 Å². The molecule has 0 aliphatic carbocycles. The number of hydrogen-bond donors (Lipinski definition) is 0. The number of carbonyl (C=O) groups excluding carboxylic acids is 1. The van der Waals surface area contributed by atoms with Crippen molar-refractivity contribution in [3.8, 4) is 5.75 Å². The summed E-state index contributed by atoms with van der Waals surface area (Å²) < 4.78 is 6.04. The lowest BCUT2D eigenvalue weighted by Gasteiger charge is -2.07. The lowest BCUT2D eigenvalue weighted by Crippen LogP contribution is -1.93. The predicted molar refractivity (Wildman–Crippen MR) is 55.5 cm³/mol. The van der Waals surface area contributed by atoms with Crippen LogP contribution in [0.15, 0.2) is 16.6 Å². The molecule has 1 aromatic carbocycles. The maximum absolute atomic E-state index is 10.6. The molecule has 0 aliphatic heterocycles. The van der Waals surface area contributed by atoms with Gasteiger partial charge in [-0.25, -0.2) is 0 Å². The van der Waals surface area contributed by atoms with Crippen LogP contribution in [0.1, 0.15) is 22.8 Å². The van der Waals surface area contributed by atoms with E-state index >= 15 is 0 Å². The van der Waals surface area contributed by atoms with E-state index in [2.05, 4.69) is 22.9 Å². The third kappa shape index (κ3) is 2.10. The van der Waals surface area contributed by atoms with Gasteiger partial charge in [0.05, 0.1) is 12.7 Å². The van der Waals surface area contributed by atoms with Gasteiger partial charge in [0.2, 0.25) is 0 Å². The molecule has 1 rings (SSSR count). The van der Waals surface area contributed by atoms with Crippen molar-refractivity contribution in [1.29, 1.82) is 0 Å². The highest BCUT2D eigenvalue weighted by molar-refractivity contribution is 9.10. The van der Waals surface area contributed by atoms with Crippen molar-refractivity contribution in [2.45, 2.75) is 13.3 Å². The Morgan fingerprint density at radius 2 is 2.23 bits per heavy atom. The van der Waals surface area contributed by atoms with Crippen molar-refractivity contribution in [1.82, 2.24) is 0 Å². The summed E-state index contributed by atoms with van der Waals surface area (Å²) in [7, 11) is 1.57. The first-order valence-corrected chi connectivity index (χ1v) is 4.83. The van der Waals surface area contributed by atoms with Gasteiger partial charge in [0.25, 0.3) is 0 Å². The third-order valence-corrected chi connectivity index (χ3v) is 2.64. The minimum Gasteiger partial charge on any atom is -0.496 e. The Bertz CT molecular complexity index is 321. The maximum atomic E-state index is 10.6. The number of hydrogen-bond acceptors (Lipinski definition) is 2. The third-order valence-electron chi connectivity index (χ3n) is 1.91. The van der Waals surface area contributed by atoms with Gasteiger partial charge < -0.3 is 4.74 Å². The van der Waals surface area contributed by atoms with Gasteiger partial charge in [0.1, 0.15) is 5.75 Å². The lowest BCUT2D eigenvalue weighted by atomic mass is 10.1. The van der Waals surface area contributed by atoms with Gasteiger partial charge in [-0.2, -0.15) is 0 Å². The first-order chi connectivity index (χ1) is 6.22. The zero-order valence-electron chi connectivity index (χ0n) is 7.63. The molecule has 0 aliphatic rings. The van der Waals surface area contributed by atoms with E-state index in [-0.39, 0.29) is 0 Å². The molecule has 0 spiro atoms. The molecule has 70 valence electrons. The molecule has 1 aromatic rings. The number of aryl methyl sites for hydroxylation is 1. The van der Waals surface area contributed by atoms with Crippen LogP contribution in [0.2, 0.25) is 0 Å². The molecular weight excluding hydrogens is 232 g/mol. The van der Waals surface area contributed by atoms with Crippen LogP contribution in [0.3, 0.4) is 0 Å². The van der Waals surface area contributed by atoms with Crippen molar-refractivity contribution >= 4 is 22.2 Å². The van der Waals surface area contributed by atoms with E-state index in [9.17, 15) is 4.79 Å². The quantitative estimate of drug-likeness (QED) is 0.763. The number of carbonyl (C=O) groups is 1. The Hall–Kier alpha value is -0.830. The fourth-order valence-electron chi connectivity index (χ4n) is 1.15. The Morgan fingerprint density at radius 3 is 2.69 bits per heavy atom. The first kappa shape index (κ1) is 10.3. The number of aldehydes is 1. The predicted octanol–water partition coefficient (Wildman–Crippen LogP) is 2.83. The van der Waals surface area contributed by atoms with Crippen LogP contribution >= 0.6 is 15.9 Å². The summed E-state index contributed by atoms with van der Waals surface area (Å²) >= 11 is 3.40. The molecule has 0 fully saturated rings. The topological polar surface area (TPSA) is 26.3 Å². The summed E-state index contributed by atoms with van der Waals surface area (Å²) in [5.74, 6) is 0.634. The Labute approximate surface area is 86.0 Å². The molecule has 0 unspecified atom stereocenters. The molecule has 13 heavy (non-hydrogen) atoms. The van der Waals surface area contributed by atoms with E-state index in [1.54, 1.807) is 13.2 Å². The van der Waals surface area contributed by atoms with Gasteiger partial charge in [0.15, 0.2) is 6.29 Å². The average molecular weight is 243 g/mol. The average Bonchev–Trinajstić information content (AvgIpc) is 2.17. The lowest BCUT2D eigenvalue weighted by molar-refractivity contribution is 0.112. The SMILES string of the molecule is CCc1cc(OC)c(C=O)cc1Br. The second-order valence-electron chi connectivity index (χ2n) is 2.66. The van der Waals surface area contributed by atoms with Crippen molar-refractivity contribution in [3.05, 3.63) is 27.7 Å². The van der Waals surface area contributed by atoms with Crippen LogP contribution < -0.4 is 4.74 Å². The fraction of sp³-hybridized carbons (Fsp3) is 0.300. The summed E-state index contributed by atoms with van der Waals surface area (Å²) in [4.78, 5) is 10.6. The van der Waals surface area contributed by atoms with Crippen LogP contribution in [0, 0.1) is 0 Å². The van der Waals surface area contributed by atoms with E-state index < -0.39 is 0 Å². The van der Waals surface area contributed by atoms with Crippen LogP contribution in [0.4, 0.5) is 0 Å². The number of benzene rings is 1. The Kier molecular flexibility index (Phi) is 3.48. The number of halogens is 1. The second kappa shape index (κ2) is 4.42. The maximum Gasteiger partial charge on any atom is 0.153 e. The number of rotatable bonds is 3. The highest BCUT2D eigenvalue weighted by Crippen LogP contribution is 2.26. The van der Waals surface area contributed by atoms with Gasteiger partial charge in [-0.1, -0.05) is 22.9 Å². The summed E-state index contributed by atoms with van der Waals surface area (Å²) in [6.45, 7) is 2.06. The standard InChI is InChI=1S/C10H11BrO2/c1-3-7-5-10(13-2)8(6-12)4-9(7)11/h4-6H,3H2,1-2H3. The van der Waals surface area contributed by atoms with E-state index in [0.29, 0.717) is 11.3 Å². The molecule has 0 saturated heterocycles. The van der Waals surface area contributed by atoms with Crippen LogP contribution in [0.25, 0.3) is 0 Å². The largest absolute Gasteiger partial charge is 0.496 e. The van der Waals surface area contributed by atoms with Gasteiger partial charge >= 0.3 is 0 Å². The molecule has 0 bridgehead atoms. The summed E-state index contributed by atoms with van der Waals surface area (Å²) in [5, 5.41) is 0. The monoisotopic (exact) mass is 242 g/mol. The Balaban J connectivity index is 3.26. The molecule has 0 aromatic heterocycles. The van der Waals surface area contributed by atoms with Crippen LogP contribution in [-0.2, 0) is 6.42 Å². The summed E-state index contributed by atoms with van der Waals surface area (Å²) in [6, 6.07) is 3.67. The smallest absolute Gasteiger partial charge is 0.153 e. The molecule has 2 nitrogen and oxygen atoms in total. The molecule has 0 radical (unpaired) electrons. The fourth-order valence-corrected chi connectivity index (χ4v) is 1.79. The van der Waals surface area contributed by atoms with Crippen molar-refractivity contribution < 1.29 is 9.53 Å². The van der Waals surface area contributed by atoms with Crippen molar-refractivity contribution in [3.63, 3.8) is 0 Å². The molecule has 0 amide bonds. The highest BCUT2D eigenvalue weighted by atomic mass is 79.9. The normalized spacial score (nSPS) is 9.77. The molecule has 0 saturated carbocycles. The second-order valence-corrected chi connectivity index (χ2v) is 3.51. The van der Waals surface area contributed by atoms with Crippen molar-refractivity contribution in [2.75, 3.05) is 7.11 Å². The van der Waals surface area contributed by atoms with Gasteiger partial charge in [-0.05, 0) is 24.1 Å². The van der Waals surface area contributed by atoms with Gasteiger partial charge in [-0.3, -0.25) is 4.79 Å². The van der Waals surface area contributed by atoms with Crippen LogP contribution in [0.5, 0.6) is 5.75 Å². The van der Waals surface area contributed by atoms with E-state index in [1.165, 1.54) is 0 Å². The molecular formula is C10H11BrO2. The first-order valence-electron chi connectivity index (χ1n) is 4.04. The van der Waals surface area contributed by atoms with Gasteiger partial charge in [0, 0.05) is 4.47 Å². The number of methoxy groups -OCH3 is 1. The highest BCUT2D eigenvalue weighted by Gasteiger charge is 2.06. The zero-order chi connectivity index (χ0) is 9.84. The van der Waals surface area contributed by atoms with E-state index in [4.69, 9.17) is 4.74 Å². The van der Waals surface area contributed by atoms with E-state index in [0.717, 1.165) is 22.7 Å².